The van der Waals surface area contributed by atoms with Crippen LogP contribution in [0.1, 0.15) is 100 Å². The van der Waals surface area contributed by atoms with E-state index in [0.29, 0.717) is 0 Å². The molecule has 1 aliphatic rings. The zero-order chi connectivity index (χ0) is 24.3. The number of aryl methyl sites for hydroxylation is 3. The average Bonchev–Trinajstić information content (AvgIpc) is 3.64. The van der Waals surface area contributed by atoms with Crippen LogP contribution in [0.3, 0.4) is 0 Å². The molecule has 1 N–H and O–H groups in total. The predicted octanol–water partition coefficient (Wildman–Crippen LogP) is 8.97. The second-order valence-electron chi connectivity index (χ2n) is 8.19. The Morgan fingerprint density at radius 1 is 0.938 bits per heavy atom. The molecule has 0 bridgehead atoms. The maximum Gasteiger partial charge on any atom is 0.0502 e. The van der Waals surface area contributed by atoms with Gasteiger partial charge < -0.3 is 5.32 Å². The van der Waals surface area contributed by atoms with Crippen molar-refractivity contribution in [2.75, 3.05) is 7.05 Å². The van der Waals surface area contributed by atoms with E-state index >= 15 is 0 Å². The number of thiol groups is 1. The summed E-state index contributed by atoms with van der Waals surface area (Å²) in [6, 6.07) is 13.6. The third-order valence-corrected chi connectivity index (χ3v) is 5.86. The van der Waals surface area contributed by atoms with Crippen LogP contribution in [-0.2, 0) is 12.8 Å². The molecule has 0 unspecified atom stereocenters. The smallest absolute Gasteiger partial charge is 0.0502 e. The molecule has 0 radical (unpaired) electrons. The number of hydrogen-bond donors (Lipinski definition) is 2. The normalized spacial score (nSPS) is 13.2. The first-order valence-corrected chi connectivity index (χ1v) is 12.9. The fourth-order valence-electron chi connectivity index (χ4n) is 3.96. The standard InChI is InChI=1S/C25H31NS.C3H8.C2H6/c1-6-18-8-12-21(14-16(18)3)24(17(4)27)25(26-5)22-13-9-19(7-2)23(15-22)20-10-11-20;1-3-2;1-2/h8-9,12-15,20,26-27H,4,6-7,10-11H2,1-3,5H3;3H2,1-2H3;1-2H3/b25-24+;;. The molecule has 2 aromatic carbocycles. The highest BCUT2D eigenvalue weighted by Crippen LogP contribution is 2.43. The maximum absolute atomic E-state index is 4.66. The van der Waals surface area contributed by atoms with Crippen molar-refractivity contribution in [3.05, 3.63) is 81.3 Å². The average molecular weight is 452 g/mol. The molecule has 0 heterocycles. The molecule has 1 aliphatic carbocycles. The molecule has 0 spiro atoms. The van der Waals surface area contributed by atoms with Gasteiger partial charge in [-0.1, -0.05) is 84.9 Å². The molecule has 176 valence electrons. The van der Waals surface area contributed by atoms with E-state index in [1.807, 2.05) is 20.9 Å². The number of benzene rings is 2. The minimum absolute atomic E-state index is 0.742. The van der Waals surface area contributed by atoms with E-state index in [9.17, 15) is 0 Å². The summed E-state index contributed by atoms with van der Waals surface area (Å²) in [5, 5.41) is 3.44. The Hall–Kier alpha value is -1.93. The van der Waals surface area contributed by atoms with E-state index in [-0.39, 0.29) is 0 Å². The lowest BCUT2D eigenvalue weighted by Gasteiger charge is -2.19. The van der Waals surface area contributed by atoms with Crippen molar-refractivity contribution in [1.29, 1.82) is 0 Å². The largest absolute Gasteiger partial charge is 0.387 e. The van der Waals surface area contributed by atoms with E-state index < -0.39 is 0 Å². The van der Waals surface area contributed by atoms with Gasteiger partial charge in [-0.3, -0.25) is 0 Å². The number of hydrogen-bond acceptors (Lipinski definition) is 2. The molecule has 0 atom stereocenters. The zero-order valence-corrected chi connectivity index (χ0v) is 22.6. The van der Waals surface area contributed by atoms with Gasteiger partial charge >= 0.3 is 0 Å². The summed E-state index contributed by atoms with van der Waals surface area (Å²) in [4.78, 5) is 0.788. The summed E-state index contributed by atoms with van der Waals surface area (Å²) in [6.07, 6.45) is 6.03. The third kappa shape index (κ3) is 7.30. The van der Waals surface area contributed by atoms with Crippen LogP contribution in [0.15, 0.2) is 47.9 Å². The minimum atomic E-state index is 0.742. The highest BCUT2D eigenvalue weighted by molar-refractivity contribution is 7.85. The molecule has 32 heavy (non-hydrogen) atoms. The van der Waals surface area contributed by atoms with Gasteiger partial charge in [-0.15, -0.1) is 12.6 Å². The molecule has 2 aromatic rings. The van der Waals surface area contributed by atoms with Gasteiger partial charge in [0.2, 0.25) is 0 Å². The minimum Gasteiger partial charge on any atom is -0.387 e. The molecule has 0 amide bonds. The first-order chi connectivity index (χ1) is 15.4. The number of nitrogens with one attached hydrogen (secondary N) is 1. The Kier molecular flexibility index (Phi) is 12.5. The second-order valence-corrected chi connectivity index (χ2v) is 8.73. The molecule has 3 rings (SSSR count). The van der Waals surface area contributed by atoms with Gasteiger partial charge in [-0.25, -0.2) is 0 Å². The van der Waals surface area contributed by atoms with E-state index in [2.05, 4.69) is 95.5 Å². The van der Waals surface area contributed by atoms with Crippen LogP contribution in [-0.4, -0.2) is 7.05 Å². The van der Waals surface area contributed by atoms with Gasteiger partial charge in [0, 0.05) is 17.5 Å². The van der Waals surface area contributed by atoms with E-state index in [0.717, 1.165) is 34.9 Å². The van der Waals surface area contributed by atoms with Crippen LogP contribution in [0.4, 0.5) is 0 Å². The molecular formula is C30H45NS. The first kappa shape index (κ1) is 28.1. The van der Waals surface area contributed by atoms with Crippen molar-refractivity contribution in [3.63, 3.8) is 0 Å². The van der Waals surface area contributed by atoms with Crippen molar-refractivity contribution in [1.82, 2.24) is 5.32 Å². The Morgan fingerprint density at radius 3 is 1.91 bits per heavy atom. The van der Waals surface area contributed by atoms with Gasteiger partial charge in [0.1, 0.15) is 0 Å². The van der Waals surface area contributed by atoms with Crippen molar-refractivity contribution < 1.29 is 0 Å². The fraction of sp³-hybridized carbons (Fsp3) is 0.467. The highest BCUT2D eigenvalue weighted by Gasteiger charge is 2.26. The lowest BCUT2D eigenvalue weighted by atomic mass is 9.92. The summed E-state index contributed by atoms with van der Waals surface area (Å²) < 4.78 is 0. The number of rotatable bonds is 7. The Balaban J connectivity index is 0.000000944. The monoisotopic (exact) mass is 451 g/mol. The highest BCUT2D eigenvalue weighted by atomic mass is 32.1. The van der Waals surface area contributed by atoms with E-state index in [1.165, 1.54) is 52.6 Å². The number of allylic oxidation sites excluding steroid dienone is 1. The molecule has 2 heteroatoms. The van der Waals surface area contributed by atoms with E-state index in [1.54, 1.807) is 0 Å². The summed E-state index contributed by atoms with van der Waals surface area (Å²) >= 11 is 4.66. The predicted molar refractivity (Wildman–Crippen MR) is 150 cm³/mol. The van der Waals surface area contributed by atoms with Crippen LogP contribution in [0, 0.1) is 6.92 Å². The molecule has 0 aromatic heterocycles. The van der Waals surface area contributed by atoms with Gasteiger partial charge in [0.15, 0.2) is 0 Å². The van der Waals surface area contributed by atoms with Crippen LogP contribution in [0.25, 0.3) is 11.3 Å². The molecule has 0 aliphatic heterocycles. The first-order valence-electron chi connectivity index (χ1n) is 12.4. The summed E-state index contributed by atoms with van der Waals surface area (Å²) in [6.45, 7) is 19.0. The molecule has 1 saturated carbocycles. The second kappa shape index (κ2) is 14.3. The molecule has 1 fully saturated rings. The maximum atomic E-state index is 4.66. The SMILES string of the molecule is C=C(S)/C(=C(\NC)c1ccc(CC)c(C2CC2)c1)c1ccc(CC)c(C)c1.CC.CCC. The van der Waals surface area contributed by atoms with Gasteiger partial charge in [-0.05, 0) is 78.0 Å². The van der Waals surface area contributed by atoms with Crippen LogP contribution in [0.5, 0.6) is 0 Å². The van der Waals surface area contributed by atoms with Crippen LogP contribution in [0.2, 0.25) is 0 Å². The van der Waals surface area contributed by atoms with Crippen molar-refractivity contribution in [3.8, 4) is 0 Å². The van der Waals surface area contributed by atoms with Gasteiger partial charge in [0.05, 0.1) is 5.70 Å². The Morgan fingerprint density at radius 2 is 1.47 bits per heavy atom. The lowest BCUT2D eigenvalue weighted by molar-refractivity contribution is 1.02. The van der Waals surface area contributed by atoms with Crippen molar-refractivity contribution >= 4 is 23.9 Å². The molecular weight excluding hydrogens is 406 g/mol. The van der Waals surface area contributed by atoms with Crippen LogP contribution >= 0.6 is 12.6 Å². The van der Waals surface area contributed by atoms with E-state index in [4.69, 9.17) is 0 Å². The van der Waals surface area contributed by atoms with Gasteiger partial charge in [0.25, 0.3) is 0 Å². The Bertz CT molecular complexity index is 903. The van der Waals surface area contributed by atoms with Gasteiger partial charge in [-0.2, -0.15) is 0 Å². The van der Waals surface area contributed by atoms with Crippen molar-refractivity contribution in [2.45, 2.75) is 86.5 Å². The zero-order valence-electron chi connectivity index (χ0n) is 21.7. The summed E-state index contributed by atoms with van der Waals surface area (Å²) in [5.74, 6) is 0.742. The quantitative estimate of drug-likeness (QED) is 0.243. The molecule has 0 saturated heterocycles. The summed E-state index contributed by atoms with van der Waals surface area (Å²) in [7, 11) is 1.99. The fourth-order valence-corrected chi connectivity index (χ4v) is 4.20. The lowest BCUT2D eigenvalue weighted by Crippen LogP contribution is -2.09. The summed E-state index contributed by atoms with van der Waals surface area (Å²) in [5.41, 5.74) is 10.3. The molecule has 1 nitrogen and oxygen atoms in total. The van der Waals surface area contributed by atoms with Crippen LogP contribution < -0.4 is 5.32 Å². The third-order valence-electron chi connectivity index (χ3n) is 5.63. The Labute approximate surface area is 203 Å². The van der Waals surface area contributed by atoms with Crippen molar-refractivity contribution in [2.24, 2.45) is 0 Å². The topological polar surface area (TPSA) is 12.0 Å².